The summed E-state index contributed by atoms with van der Waals surface area (Å²) in [6.45, 7) is 13.4. The fourth-order valence-electron chi connectivity index (χ4n) is 3.67. The maximum Gasteiger partial charge on any atom is 0.573 e. The van der Waals surface area contributed by atoms with Gasteiger partial charge in [0.2, 0.25) is 0 Å². The van der Waals surface area contributed by atoms with Gasteiger partial charge in [0, 0.05) is 17.6 Å². The molecule has 0 saturated carbocycles. The van der Waals surface area contributed by atoms with Gasteiger partial charge in [0.1, 0.15) is 17.0 Å². The second-order valence-electron chi connectivity index (χ2n) is 10.9. The van der Waals surface area contributed by atoms with Gasteiger partial charge in [-0.1, -0.05) is 18.1 Å². The van der Waals surface area contributed by atoms with Crippen LogP contribution in [0.25, 0.3) is 11.1 Å². The molecule has 2 aromatic carbocycles. The van der Waals surface area contributed by atoms with Crippen LogP contribution in [0.4, 0.5) is 28.4 Å². The molecule has 0 unspecified atom stereocenters. The van der Waals surface area contributed by atoms with E-state index in [0.29, 0.717) is 26.9 Å². The number of imide groups is 1. The second kappa shape index (κ2) is 12.4. The summed E-state index contributed by atoms with van der Waals surface area (Å²) in [6.07, 6.45) is -6.61. The highest BCUT2D eigenvalue weighted by Crippen LogP contribution is 2.40. The van der Waals surface area contributed by atoms with Crippen LogP contribution in [0.3, 0.4) is 0 Å². The van der Waals surface area contributed by atoms with E-state index in [2.05, 4.69) is 32.6 Å². The Balaban J connectivity index is 2.70. The van der Waals surface area contributed by atoms with Crippen LogP contribution in [0.5, 0.6) is 5.75 Å². The molecule has 0 bridgehead atoms. The fraction of sp³-hybridized carbons (Fsp3) is 0.448. The van der Waals surface area contributed by atoms with Crippen molar-refractivity contribution < 1.29 is 37.0 Å². The van der Waals surface area contributed by atoms with E-state index in [4.69, 9.17) is 9.47 Å². The number of amides is 2. The molecule has 0 saturated heterocycles. The Hall–Kier alpha value is -3.39. The van der Waals surface area contributed by atoms with E-state index in [9.17, 15) is 22.8 Å². The lowest BCUT2D eigenvalue weighted by Gasteiger charge is -2.29. The van der Waals surface area contributed by atoms with Gasteiger partial charge in [-0.05, 0) is 112 Å². The van der Waals surface area contributed by atoms with Gasteiger partial charge in [0.25, 0.3) is 0 Å². The van der Waals surface area contributed by atoms with Crippen LogP contribution in [0.1, 0.15) is 59.6 Å². The lowest BCUT2D eigenvalue weighted by Crippen LogP contribution is -2.43. The predicted octanol–water partition coefficient (Wildman–Crippen LogP) is 8.41. The van der Waals surface area contributed by atoms with Crippen molar-refractivity contribution in [3.63, 3.8) is 0 Å². The number of hydrogen-bond acceptors (Lipinski definition) is 6. The van der Waals surface area contributed by atoms with Crippen molar-refractivity contribution >= 4 is 33.8 Å². The van der Waals surface area contributed by atoms with E-state index < -0.39 is 29.8 Å². The molecule has 40 heavy (non-hydrogen) atoms. The summed E-state index contributed by atoms with van der Waals surface area (Å²) in [4.78, 5) is 28.8. The lowest BCUT2D eigenvalue weighted by molar-refractivity contribution is -0.274. The molecule has 11 heteroatoms. The molecular formula is C29H34BrF3N2O5. The van der Waals surface area contributed by atoms with Gasteiger partial charge < -0.3 is 19.1 Å². The summed E-state index contributed by atoms with van der Waals surface area (Å²) in [5.74, 6) is 2.47. The molecular weight excluding hydrogens is 593 g/mol. The first kappa shape index (κ1) is 32.8. The number of benzene rings is 2. The molecule has 0 aromatic heterocycles. The third kappa shape index (κ3) is 9.37. The smallest absolute Gasteiger partial charge is 0.443 e. The molecule has 0 aliphatic carbocycles. The average Bonchev–Trinajstić information content (AvgIpc) is 2.76. The number of anilines is 1. The Bertz CT molecular complexity index is 1270. The van der Waals surface area contributed by atoms with E-state index in [0.717, 1.165) is 10.5 Å². The number of ether oxygens (including phenoxy) is 3. The number of nitrogens with zero attached hydrogens (tertiary/aromatic N) is 2. The molecule has 0 radical (unpaired) electrons. The summed E-state index contributed by atoms with van der Waals surface area (Å²) in [6, 6.07) is 10.1. The SMILES string of the molecule is CC#CN(C)c1c(C)c(-c2ccc(OC(F)(F)F)cc2)cc(CN(C(=O)OC(C)(C)C)C(=O)OC(C)(C)C)c1Br. The Kier molecular flexibility index (Phi) is 10.2. The molecule has 7 nitrogen and oxygen atoms in total. The third-order valence-electron chi connectivity index (χ3n) is 5.14. The normalized spacial score (nSPS) is 11.7. The zero-order valence-electron chi connectivity index (χ0n) is 24.0. The van der Waals surface area contributed by atoms with Crippen LogP contribution in [-0.4, -0.2) is 41.7 Å². The molecule has 0 spiro atoms. The van der Waals surface area contributed by atoms with Crippen molar-refractivity contribution in [2.24, 2.45) is 0 Å². The van der Waals surface area contributed by atoms with Crippen molar-refractivity contribution in [1.82, 2.24) is 4.90 Å². The van der Waals surface area contributed by atoms with Crippen LogP contribution in [0, 0.1) is 18.9 Å². The number of alkyl halides is 3. The summed E-state index contributed by atoms with van der Waals surface area (Å²) in [7, 11) is 1.75. The van der Waals surface area contributed by atoms with E-state index in [-0.39, 0.29) is 12.3 Å². The first-order valence-electron chi connectivity index (χ1n) is 12.3. The summed E-state index contributed by atoms with van der Waals surface area (Å²) in [5.41, 5.74) is 1.38. The monoisotopic (exact) mass is 626 g/mol. The highest BCUT2D eigenvalue weighted by Gasteiger charge is 2.33. The molecule has 0 aliphatic heterocycles. The number of hydrogen-bond donors (Lipinski definition) is 0. The molecule has 0 aliphatic rings. The minimum absolute atomic E-state index is 0.229. The van der Waals surface area contributed by atoms with Crippen LogP contribution in [-0.2, 0) is 16.0 Å². The zero-order valence-corrected chi connectivity index (χ0v) is 25.6. The lowest BCUT2D eigenvalue weighted by atomic mass is 9.95. The van der Waals surface area contributed by atoms with Crippen molar-refractivity contribution in [2.45, 2.75) is 79.5 Å². The molecule has 0 N–H and O–H groups in total. The zero-order chi connectivity index (χ0) is 30.6. The fourth-order valence-corrected chi connectivity index (χ4v) is 4.47. The van der Waals surface area contributed by atoms with Crippen LogP contribution in [0.2, 0.25) is 0 Å². The van der Waals surface area contributed by atoms with Gasteiger partial charge in [0.05, 0.1) is 12.2 Å². The van der Waals surface area contributed by atoms with Crippen molar-refractivity contribution in [3.05, 3.63) is 45.9 Å². The van der Waals surface area contributed by atoms with E-state index in [1.54, 1.807) is 66.5 Å². The van der Waals surface area contributed by atoms with E-state index >= 15 is 0 Å². The predicted molar refractivity (Wildman–Crippen MR) is 151 cm³/mol. The van der Waals surface area contributed by atoms with Gasteiger partial charge in [-0.25, -0.2) is 14.5 Å². The van der Waals surface area contributed by atoms with E-state index in [1.807, 2.05) is 6.92 Å². The topological polar surface area (TPSA) is 68.3 Å². The first-order valence-corrected chi connectivity index (χ1v) is 13.1. The highest BCUT2D eigenvalue weighted by atomic mass is 79.9. The highest BCUT2D eigenvalue weighted by molar-refractivity contribution is 9.10. The van der Waals surface area contributed by atoms with Crippen molar-refractivity contribution in [2.75, 3.05) is 11.9 Å². The number of carbonyl (C=O) groups is 2. The third-order valence-corrected chi connectivity index (χ3v) is 6.02. The molecule has 218 valence electrons. The summed E-state index contributed by atoms with van der Waals surface area (Å²) < 4.78 is 53.6. The maximum absolute atomic E-state index is 13.1. The minimum Gasteiger partial charge on any atom is -0.443 e. The quantitative estimate of drug-likeness (QED) is 0.245. The Morgan fingerprint density at radius 3 is 1.88 bits per heavy atom. The van der Waals surface area contributed by atoms with Gasteiger partial charge in [-0.2, -0.15) is 0 Å². The largest absolute Gasteiger partial charge is 0.573 e. The number of halogens is 4. The molecule has 2 aromatic rings. The van der Waals surface area contributed by atoms with Gasteiger partial charge in [-0.3, -0.25) is 0 Å². The van der Waals surface area contributed by atoms with Crippen LogP contribution in [0.15, 0.2) is 34.8 Å². The van der Waals surface area contributed by atoms with Crippen molar-refractivity contribution in [3.8, 4) is 28.8 Å². The van der Waals surface area contributed by atoms with Crippen molar-refractivity contribution in [1.29, 1.82) is 0 Å². The molecule has 2 amide bonds. The van der Waals surface area contributed by atoms with Gasteiger partial charge in [0.15, 0.2) is 0 Å². The second-order valence-corrected chi connectivity index (χ2v) is 11.7. The molecule has 2 rings (SSSR count). The van der Waals surface area contributed by atoms with Crippen LogP contribution < -0.4 is 9.64 Å². The molecule has 0 heterocycles. The number of rotatable bonds is 5. The summed E-state index contributed by atoms with van der Waals surface area (Å²) in [5, 5.41) is 0. The molecule has 0 atom stereocenters. The maximum atomic E-state index is 13.1. The first-order chi connectivity index (χ1) is 18.2. The minimum atomic E-state index is -4.82. The molecule has 0 fully saturated rings. The standard InChI is InChI=1S/C29H34BrF3N2O5/c1-10-15-34(9)24-18(2)22(19-11-13-21(14-12-19)38-29(31,32)33)16-20(23(24)30)17-35(25(36)39-27(3,4)5)26(37)40-28(6,7)8/h11-14,16H,17H2,1-9H3. The Morgan fingerprint density at radius 1 is 0.950 bits per heavy atom. The number of carbonyl (C=O) groups excluding carboxylic acids is 2. The van der Waals surface area contributed by atoms with Gasteiger partial charge in [-0.15, -0.1) is 13.2 Å². The Labute approximate surface area is 241 Å². The Morgan fingerprint density at radius 2 is 1.45 bits per heavy atom. The van der Waals surface area contributed by atoms with E-state index in [1.165, 1.54) is 24.3 Å². The average molecular weight is 627 g/mol. The van der Waals surface area contributed by atoms with Gasteiger partial charge >= 0.3 is 18.5 Å². The van der Waals surface area contributed by atoms with Crippen LogP contribution >= 0.6 is 15.9 Å². The summed E-state index contributed by atoms with van der Waals surface area (Å²) >= 11 is 3.62.